The van der Waals surface area contributed by atoms with Crippen LogP contribution in [0, 0.1) is 0 Å². The van der Waals surface area contributed by atoms with Crippen molar-refractivity contribution in [2.75, 3.05) is 18.9 Å². The number of esters is 1. The van der Waals surface area contributed by atoms with Gasteiger partial charge >= 0.3 is 13.7 Å². The highest BCUT2D eigenvalue weighted by molar-refractivity contribution is 7.52. The van der Waals surface area contributed by atoms with Gasteiger partial charge in [0.15, 0.2) is 5.82 Å². The summed E-state index contributed by atoms with van der Waals surface area (Å²) in [5.41, 5.74) is 7.98. The molecule has 0 aliphatic heterocycles. The van der Waals surface area contributed by atoms with Crippen molar-refractivity contribution in [2.45, 2.75) is 78.5 Å². The largest absolute Gasteiger partial charge is 0.462 e. The number of nitrogens with one attached hydrogen (secondary N) is 1. The van der Waals surface area contributed by atoms with Crippen molar-refractivity contribution in [1.29, 1.82) is 0 Å². The molecule has 0 aliphatic rings. The SMILES string of the molecule is [2H]C([2H])([2H])C(OC(=O)[C@@H](N[P@](=O)(OC[C@H](CCCC)n1c(COCC)nc2c(N)nc3ccccc3c21)Oc1ccccc1)C([2H])([2H])[2H])C([2H])([2H])[2H]. The van der Waals surface area contributed by atoms with Crippen LogP contribution in [-0.2, 0) is 30.0 Å². The van der Waals surface area contributed by atoms with Crippen LogP contribution in [0.15, 0.2) is 54.6 Å². The number of carbonyl (C=O) groups excluding carboxylic acids is 1. The maximum atomic E-state index is 14.6. The Morgan fingerprint density at radius 2 is 1.86 bits per heavy atom. The molecule has 2 heterocycles. The van der Waals surface area contributed by atoms with Crippen LogP contribution in [0.3, 0.4) is 0 Å². The molecule has 12 heteroatoms. The zero-order chi connectivity index (χ0) is 38.5. The van der Waals surface area contributed by atoms with E-state index in [1.54, 1.807) is 24.3 Å². The Hall–Kier alpha value is -3.50. The number of nitrogen functional groups attached to an aromatic ring is 1. The van der Waals surface area contributed by atoms with Gasteiger partial charge < -0.3 is 24.3 Å². The molecule has 2 aromatic carbocycles. The van der Waals surface area contributed by atoms with Gasteiger partial charge in [-0.3, -0.25) is 9.32 Å². The predicted molar refractivity (Wildman–Crippen MR) is 168 cm³/mol. The Balaban J connectivity index is 1.80. The molecule has 0 spiro atoms. The van der Waals surface area contributed by atoms with Crippen molar-refractivity contribution in [2.24, 2.45) is 0 Å². The smallest absolute Gasteiger partial charge is 0.459 e. The summed E-state index contributed by atoms with van der Waals surface area (Å²) in [7, 11) is -4.91. The van der Waals surface area contributed by atoms with Crippen molar-refractivity contribution in [3.8, 4) is 5.75 Å². The van der Waals surface area contributed by atoms with E-state index < -0.39 is 59.1 Å². The maximum Gasteiger partial charge on any atom is 0.459 e. The van der Waals surface area contributed by atoms with E-state index in [1.807, 2.05) is 36.6 Å². The standard InChI is InChI=1S/C31H42N5O6P/c1-6-8-14-23(19-40-43(38,42-24-15-10-9-11-16-24)35-22(5)31(37)41-21(3)4)36-27(20-39-7-2)34-28-29(36)25-17-12-13-18-26(25)33-30(28)32/h9-13,15-18,21-23H,6-8,14,19-20H2,1-5H3,(H2,32,33)(H,35,38)/t22-,23-,43-/m0/s1/i3D3,4D3,5D3. The first kappa shape index (κ1) is 22.1. The summed E-state index contributed by atoms with van der Waals surface area (Å²) >= 11 is 0. The number of pyridine rings is 1. The number of hydrogen-bond acceptors (Lipinski definition) is 9. The minimum absolute atomic E-state index is 0.0288. The Kier molecular flexibility index (Phi) is 7.59. The average Bonchev–Trinajstić information content (AvgIpc) is 3.44. The van der Waals surface area contributed by atoms with Gasteiger partial charge in [0, 0.05) is 24.3 Å². The number of benzene rings is 2. The van der Waals surface area contributed by atoms with Crippen molar-refractivity contribution < 1.29 is 40.2 Å². The number of imidazole rings is 1. The van der Waals surface area contributed by atoms with Crippen molar-refractivity contribution in [3.05, 3.63) is 60.4 Å². The van der Waals surface area contributed by atoms with Gasteiger partial charge in [-0.15, -0.1) is 0 Å². The molecule has 0 saturated carbocycles. The fourth-order valence-electron chi connectivity index (χ4n) is 4.57. The fourth-order valence-corrected chi connectivity index (χ4v) is 5.94. The first-order valence-electron chi connectivity index (χ1n) is 18.4. The second kappa shape index (κ2) is 14.8. The van der Waals surface area contributed by atoms with E-state index in [9.17, 15) is 9.36 Å². The van der Waals surface area contributed by atoms with E-state index in [0.29, 0.717) is 47.2 Å². The molecular weight excluding hydrogens is 569 g/mol. The van der Waals surface area contributed by atoms with Gasteiger partial charge in [-0.25, -0.2) is 14.5 Å². The van der Waals surface area contributed by atoms with Crippen LogP contribution in [0.1, 0.15) is 77.9 Å². The van der Waals surface area contributed by atoms with Gasteiger partial charge in [0.2, 0.25) is 0 Å². The number of nitrogens with two attached hydrogens (primary N) is 1. The van der Waals surface area contributed by atoms with Crippen LogP contribution < -0.4 is 15.3 Å². The maximum absolute atomic E-state index is 14.6. The van der Waals surface area contributed by atoms with Crippen LogP contribution in [-0.4, -0.2) is 45.9 Å². The highest BCUT2D eigenvalue weighted by Crippen LogP contribution is 2.46. The molecule has 11 nitrogen and oxygen atoms in total. The third-order valence-corrected chi connectivity index (χ3v) is 8.00. The monoisotopic (exact) mass is 620 g/mol. The average molecular weight is 621 g/mol. The van der Waals surface area contributed by atoms with E-state index in [-0.39, 0.29) is 18.2 Å². The molecule has 4 rings (SSSR count). The van der Waals surface area contributed by atoms with Gasteiger partial charge in [0.05, 0.1) is 29.8 Å². The number of fused-ring (bicyclic) bond motifs is 3. The number of nitrogens with zero attached hydrogens (tertiary/aromatic N) is 3. The summed E-state index contributed by atoms with van der Waals surface area (Å²) < 4.78 is 108. The van der Waals surface area contributed by atoms with Gasteiger partial charge in [-0.1, -0.05) is 56.2 Å². The zero-order valence-electron chi connectivity index (χ0n) is 33.0. The van der Waals surface area contributed by atoms with Crippen LogP contribution in [0.5, 0.6) is 5.75 Å². The number of aromatic nitrogens is 3. The lowest BCUT2D eigenvalue weighted by molar-refractivity contribution is -0.149. The molecule has 0 aliphatic carbocycles. The molecule has 0 unspecified atom stereocenters. The molecule has 0 amide bonds. The molecular formula is C31H42N5O6P. The summed E-state index contributed by atoms with van der Waals surface area (Å²) in [5.74, 6) is -1.21. The molecule has 0 fully saturated rings. The molecule has 232 valence electrons. The summed E-state index contributed by atoms with van der Waals surface area (Å²) in [5, 5.41) is 2.85. The van der Waals surface area contributed by atoms with E-state index >= 15 is 0 Å². The zero-order valence-corrected chi connectivity index (χ0v) is 24.9. The van der Waals surface area contributed by atoms with Crippen LogP contribution in [0.25, 0.3) is 21.9 Å². The molecule has 0 radical (unpaired) electrons. The van der Waals surface area contributed by atoms with Crippen LogP contribution in [0.4, 0.5) is 5.82 Å². The lowest BCUT2D eigenvalue weighted by atomic mass is 10.1. The number of hydrogen-bond donors (Lipinski definition) is 2. The Morgan fingerprint density at radius 1 is 1.09 bits per heavy atom. The van der Waals surface area contributed by atoms with E-state index in [2.05, 4.69) is 10.1 Å². The number of anilines is 1. The van der Waals surface area contributed by atoms with Crippen LogP contribution >= 0.6 is 7.75 Å². The minimum Gasteiger partial charge on any atom is -0.462 e. The van der Waals surface area contributed by atoms with Gasteiger partial charge in [0.25, 0.3) is 0 Å². The van der Waals surface area contributed by atoms with E-state index in [1.165, 1.54) is 12.1 Å². The van der Waals surface area contributed by atoms with Crippen LogP contribution in [0.2, 0.25) is 0 Å². The third-order valence-electron chi connectivity index (χ3n) is 6.48. The number of carbonyl (C=O) groups is 1. The van der Waals surface area contributed by atoms with E-state index in [4.69, 9.17) is 41.6 Å². The lowest BCUT2D eigenvalue weighted by Gasteiger charge is -2.27. The topological polar surface area (TPSA) is 140 Å². The lowest BCUT2D eigenvalue weighted by Crippen LogP contribution is -2.36. The summed E-state index contributed by atoms with van der Waals surface area (Å²) in [6, 6.07) is 11.7. The van der Waals surface area contributed by atoms with E-state index in [0.717, 1.165) is 6.42 Å². The quantitative estimate of drug-likeness (QED) is 0.104. The summed E-state index contributed by atoms with van der Waals surface area (Å²) in [6.07, 6.45) is -0.825. The first-order chi connectivity index (χ1) is 24.3. The van der Waals surface area contributed by atoms with Gasteiger partial charge in [-0.05, 0) is 52.1 Å². The summed E-state index contributed by atoms with van der Waals surface area (Å²) in [4.78, 5) is 22.6. The number of rotatable bonds is 16. The number of para-hydroxylation sites is 2. The highest BCUT2D eigenvalue weighted by atomic mass is 31.2. The molecule has 3 N–H and O–H groups in total. The molecule has 3 atom stereocenters. The minimum atomic E-state index is -4.91. The molecule has 43 heavy (non-hydrogen) atoms. The summed E-state index contributed by atoms with van der Waals surface area (Å²) in [6.45, 7) is -6.19. The van der Waals surface area contributed by atoms with Gasteiger partial charge in [0.1, 0.15) is 29.7 Å². The van der Waals surface area contributed by atoms with Gasteiger partial charge in [-0.2, -0.15) is 5.09 Å². The Labute approximate surface area is 265 Å². The predicted octanol–water partition coefficient (Wildman–Crippen LogP) is 6.57. The molecule has 2 aromatic heterocycles. The number of unbranched alkanes of at least 4 members (excludes halogenated alkanes) is 1. The van der Waals surface area contributed by atoms with Crippen molar-refractivity contribution in [1.82, 2.24) is 19.6 Å². The molecule has 0 saturated heterocycles. The Bertz CT molecular complexity index is 1860. The normalized spacial score (nSPS) is 18.5. The first-order valence-corrected chi connectivity index (χ1v) is 15.4. The van der Waals surface area contributed by atoms with Crippen molar-refractivity contribution in [3.63, 3.8) is 0 Å². The second-order valence-corrected chi connectivity index (χ2v) is 11.3. The Morgan fingerprint density at radius 3 is 2.58 bits per heavy atom. The fraction of sp³-hybridized carbons (Fsp3) is 0.452. The second-order valence-electron chi connectivity index (χ2n) is 9.62. The van der Waals surface area contributed by atoms with Crippen molar-refractivity contribution >= 4 is 41.5 Å². The number of ether oxygens (including phenoxy) is 2. The molecule has 0 bridgehead atoms. The highest BCUT2D eigenvalue weighted by Gasteiger charge is 2.34. The molecule has 4 aromatic rings. The third kappa shape index (κ3) is 8.12.